The van der Waals surface area contributed by atoms with E-state index in [1.54, 1.807) is 0 Å². The summed E-state index contributed by atoms with van der Waals surface area (Å²) in [5.41, 5.74) is 1.87. The molecule has 0 spiro atoms. The molecule has 2 fully saturated rings. The monoisotopic (exact) mass is 355 g/mol. The zero-order chi connectivity index (χ0) is 17.4. The Morgan fingerprint density at radius 3 is 2.40 bits per heavy atom. The molecule has 1 aliphatic carbocycles. The molecule has 2 aromatic carbocycles. The number of likely N-dealkylation sites (tertiary alicyclic amines) is 1. The minimum absolute atomic E-state index is 0.0196. The predicted octanol–water partition coefficient (Wildman–Crippen LogP) is 3.75. The number of carbonyl (C=O) groups excluding carboxylic acids is 1. The maximum atomic E-state index is 13.3. The summed E-state index contributed by atoms with van der Waals surface area (Å²) in [6, 6.07) is 17.8. The average molecular weight is 356 g/mol. The van der Waals surface area contributed by atoms with Crippen molar-refractivity contribution in [2.45, 2.75) is 36.6 Å². The van der Waals surface area contributed by atoms with Gasteiger partial charge in [-0.05, 0) is 42.5 Å². The Labute approximate surface area is 153 Å². The van der Waals surface area contributed by atoms with E-state index < -0.39 is 5.41 Å². The van der Waals surface area contributed by atoms with Crippen molar-refractivity contribution in [3.63, 3.8) is 0 Å². The van der Waals surface area contributed by atoms with E-state index in [1.165, 1.54) is 5.56 Å². The van der Waals surface area contributed by atoms with Gasteiger partial charge in [0.05, 0.1) is 18.1 Å². The third-order valence-electron chi connectivity index (χ3n) is 5.71. The molecule has 1 saturated carbocycles. The number of aliphatic hydroxyl groups is 1. The van der Waals surface area contributed by atoms with Crippen molar-refractivity contribution in [1.82, 2.24) is 4.90 Å². The Bertz CT molecular complexity index is 755. The van der Waals surface area contributed by atoms with E-state index in [-0.39, 0.29) is 18.6 Å². The smallest absolute Gasteiger partial charge is 0.233 e. The Balaban J connectivity index is 1.58. The van der Waals surface area contributed by atoms with Crippen molar-refractivity contribution >= 4 is 17.5 Å². The number of carbonyl (C=O) groups is 1. The number of amides is 1. The topological polar surface area (TPSA) is 40.5 Å². The van der Waals surface area contributed by atoms with Gasteiger partial charge in [-0.2, -0.15) is 0 Å². The average Bonchev–Trinajstić information content (AvgIpc) is 3.35. The molecule has 4 rings (SSSR count). The Hall–Kier alpha value is -1.84. The van der Waals surface area contributed by atoms with Crippen molar-refractivity contribution in [2.75, 3.05) is 13.2 Å². The molecule has 130 valence electrons. The van der Waals surface area contributed by atoms with Crippen LogP contribution < -0.4 is 0 Å². The van der Waals surface area contributed by atoms with Gasteiger partial charge in [0.2, 0.25) is 5.91 Å². The first kappa shape index (κ1) is 16.6. The number of hydrogen-bond acceptors (Lipinski definition) is 2. The van der Waals surface area contributed by atoms with Crippen LogP contribution in [0.15, 0.2) is 54.6 Å². The molecular weight excluding hydrogens is 334 g/mol. The molecule has 4 heteroatoms. The summed E-state index contributed by atoms with van der Waals surface area (Å²) in [6.07, 6.45) is 2.57. The fourth-order valence-corrected chi connectivity index (χ4v) is 4.23. The maximum Gasteiger partial charge on any atom is 0.233 e. The van der Waals surface area contributed by atoms with Crippen LogP contribution in [0.1, 0.15) is 36.3 Å². The Morgan fingerprint density at radius 2 is 1.80 bits per heavy atom. The zero-order valence-corrected chi connectivity index (χ0v) is 14.8. The zero-order valence-electron chi connectivity index (χ0n) is 14.1. The fraction of sp³-hybridized carbons (Fsp3) is 0.381. The van der Waals surface area contributed by atoms with Crippen LogP contribution in [0, 0.1) is 0 Å². The molecule has 0 aromatic heterocycles. The van der Waals surface area contributed by atoms with Crippen LogP contribution in [0.3, 0.4) is 0 Å². The van der Waals surface area contributed by atoms with Gasteiger partial charge in [-0.25, -0.2) is 0 Å². The molecule has 2 aliphatic rings. The van der Waals surface area contributed by atoms with Crippen LogP contribution in [-0.2, 0) is 10.2 Å². The molecule has 0 unspecified atom stereocenters. The van der Waals surface area contributed by atoms with E-state index >= 15 is 0 Å². The second-order valence-electron chi connectivity index (χ2n) is 7.23. The number of aliphatic hydroxyl groups excluding tert-OH is 1. The standard InChI is InChI=1S/C21H22ClNO2/c22-18-8-6-17(7-9-18)21(10-11-21)20(25)23-13-16(12-19(23)14-24)15-4-2-1-3-5-15/h1-9,16,19,24H,10-14H2/t16-,19-/m0/s1. The highest BCUT2D eigenvalue weighted by atomic mass is 35.5. The number of halogens is 1. The summed E-state index contributed by atoms with van der Waals surface area (Å²) in [7, 11) is 0. The van der Waals surface area contributed by atoms with Gasteiger partial charge in [-0.1, -0.05) is 54.1 Å². The van der Waals surface area contributed by atoms with Crippen molar-refractivity contribution < 1.29 is 9.90 Å². The lowest BCUT2D eigenvalue weighted by Crippen LogP contribution is -2.43. The lowest BCUT2D eigenvalue weighted by molar-refractivity contribution is -0.135. The van der Waals surface area contributed by atoms with Gasteiger partial charge in [0.25, 0.3) is 0 Å². The first-order chi connectivity index (χ1) is 12.1. The van der Waals surface area contributed by atoms with Crippen molar-refractivity contribution in [1.29, 1.82) is 0 Å². The molecule has 1 N–H and O–H groups in total. The first-order valence-corrected chi connectivity index (χ1v) is 9.25. The van der Waals surface area contributed by atoms with Crippen molar-refractivity contribution in [2.24, 2.45) is 0 Å². The Morgan fingerprint density at radius 1 is 1.12 bits per heavy atom. The number of nitrogens with zero attached hydrogens (tertiary/aromatic N) is 1. The summed E-state index contributed by atoms with van der Waals surface area (Å²) in [5.74, 6) is 0.454. The second kappa shape index (κ2) is 6.47. The highest BCUT2D eigenvalue weighted by Gasteiger charge is 2.55. The van der Waals surface area contributed by atoms with E-state index in [0.717, 1.165) is 24.8 Å². The largest absolute Gasteiger partial charge is 0.394 e. The second-order valence-corrected chi connectivity index (χ2v) is 7.66. The van der Waals surface area contributed by atoms with Crippen LogP contribution >= 0.6 is 11.6 Å². The SMILES string of the molecule is O=C(N1C[C@@H](c2ccccc2)C[C@H]1CO)C1(c2ccc(Cl)cc2)CC1. The van der Waals surface area contributed by atoms with Crippen LogP contribution in [-0.4, -0.2) is 35.1 Å². The number of benzene rings is 2. The predicted molar refractivity (Wildman–Crippen MR) is 98.8 cm³/mol. The summed E-state index contributed by atoms with van der Waals surface area (Å²) in [6.45, 7) is 0.704. The molecular formula is C21H22ClNO2. The van der Waals surface area contributed by atoms with Crippen LogP contribution in [0.4, 0.5) is 0 Å². The summed E-state index contributed by atoms with van der Waals surface area (Å²) >= 11 is 5.99. The van der Waals surface area contributed by atoms with Crippen molar-refractivity contribution in [3.05, 3.63) is 70.7 Å². The maximum absolute atomic E-state index is 13.3. The van der Waals surface area contributed by atoms with Crippen LogP contribution in [0.2, 0.25) is 5.02 Å². The molecule has 2 aromatic rings. The van der Waals surface area contributed by atoms with Gasteiger partial charge in [-0.15, -0.1) is 0 Å². The molecule has 1 heterocycles. The number of hydrogen-bond donors (Lipinski definition) is 1. The highest BCUT2D eigenvalue weighted by Crippen LogP contribution is 2.51. The summed E-state index contributed by atoms with van der Waals surface area (Å²) in [5, 5.41) is 10.5. The third kappa shape index (κ3) is 2.96. The molecule has 1 aliphatic heterocycles. The van der Waals surface area contributed by atoms with E-state index in [4.69, 9.17) is 11.6 Å². The molecule has 25 heavy (non-hydrogen) atoms. The van der Waals surface area contributed by atoms with Crippen LogP contribution in [0.25, 0.3) is 0 Å². The van der Waals surface area contributed by atoms with Gasteiger partial charge >= 0.3 is 0 Å². The molecule has 2 atom stereocenters. The van der Waals surface area contributed by atoms with Gasteiger partial charge in [0, 0.05) is 17.5 Å². The van der Waals surface area contributed by atoms with E-state index in [1.807, 2.05) is 47.4 Å². The van der Waals surface area contributed by atoms with E-state index in [0.29, 0.717) is 17.5 Å². The lowest BCUT2D eigenvalue weighted by atomic mass is 9.94. The van der Waals surface area contributed by atoms with Gasteiger partial charge < -0.3 is 10.0 Å². The quantitative estimate of drug-likeness (QED) is 0.907. The summed E-state index contributed by atoms with van der Waals surface area (Å²) in [4.78, 5) is 15.3. The third-order valence-corrected chi connectivity index (χ3v) is 5.97. The molecule has 0 bridgehead atoms. The van der Waals surface area contributed by atoms with Gasteiger partial charge in [0.1, 0.15) is 0 Å². The normalized spacial score (nSPS) is 24.3. The summed E-state index contributed by atoms with van der Waals surface area (Å²) < 4.78 is 0. The Kier molecular flexibility index (Phi) is 4.30. The lowest BCUT2D eigenvalue weighted by Gasteiger charge is -2.28. The van der Waals surface area contributed by atoms with Gasteiger partial charge in [0.15, 0.2) is 0 Å². The number of rotatable bonds is 4. The van der Waals surface area contributed by atoms with Gasteiger partial charge in [-0.3, -0.25) is 4.79 Å². The first-order valence-electron chi connectivity index (χ1n) is 8.87. The highest BCUT2D eigenvalue weighted by molar-refractivity contribution is 6.30. The molecule has 3 nitrogen and oxygen atoms in total. The minimum Gasteiger partial charge on any atom is -0.394 e. The fourth-order valence-electron chi connectivity index (χ4n) is 4.10. The van der Waals surface area contributed by atoms with Crippen LogP contribution in [0.5, 0.6) is 0 Å². The van der Waals surface area contributed by atoms with E-state index in [2.05, 4.69) is 12.1 Å². The molecule has 1 amide bonds. The minimum atomic E-state index is -0.413. The van der Waals surface area contributed by atoms with Crippen molar-refractivity contribution in [3.8, 4) is 0 Å². The van der Waals surface area contributed by atoms with E-state index in [9.17, 15) is 9.90 Å². The molecule has 1 saturated heterocycles. The molecule has 0 radical (unpaired) electrons.